The minimum Gasteiger partial charge on any atom is -0.347 e. The zero-order valence-corrected chi connectivity index (χ0v) is 6.75. The SMILES string of the molecule is C#CCOC(Cl)C(Cl)Cl. The van der Waals surface area contributed by atoms with Crippen LogP contribution in [0.2, 0.25) is 0 Å². The summed E-state index contributed by atoms with van der Waals surface area (Å²) in [6.07, 6.45) is 4.86. The fraction of sp³-hybridized carbons (Fsp3) is 0.600. The molecule has 1 unspecified atom stereocenters. The van der Waals surface area contributed by atoms with Crippen LogP contribution < -0.4 is 0 Å². The van der Waals surface area contributed by atoms with E-state index in [1.54, 1.807) is 0 Å². The van der Waals surface area contributed by atoms with Gasteiger partial charge in [-0.25, -0.2) is 0 Å². The molecule has 1 atom stereocenters. The van der Waals surface area contributed by atoms with Gasteiger partial charge in [-0.1, -0.05) is 17.5 Å². The fourth-order valence-corrected chi connectivity index (χ4v) is 0.409. The Morgan fingerprint density at radius 2 is 2.00 bits per heavy atom. The van der Waals surface area contributed by atoms with Gasteiger partial charge < -0.3 is 4.74 Å². The van der Waals surface area contributed by atoms with Crippen LogP contribution in [0.5, 0.6) is 0 Å². The minimum absolute atomic E-state index is 0.129. The minimum atomic E-state index is -0.736. The van der Waals surface area contributed by atoms with Gasteiger partial charge in [-0.2, -0.15) is 0 Å². The first-order valence-corrected chi connectivity index (χ1v) is 3.46. The first-order valence-electron chi connectivity index (χ1n) is 2.15. The lowest BCUT2D eigenvalue weighted by Gasteiger charge is -2.07. The number of ether oxygens (including phenoxy) is 1. The Labute approximate surface area is 69.2 Å². The molecule has 0 radical (unpaired) electrons. The molecule has 0 fully saturated rings. The molecule has 0 N–H and O–H groups in total. The molecule has 0 aromatic rings. The third-order valence-electron chi connectivity index (χ3n) is 0.524. The number of rotatable bonds is 3. The highest BCUT2D eigenvalue weighted by molar-refractivity contribution is 6.48. The molecule has 0 amide bonds. The van der Waals surface area contributed by atoms with Crippen LogP contribution in [0.1, 0.15) is 0 Å². The van der Waals surface area contributed by atoms with Crippen LogP contribution in [-0.4, -0.2) is 17.0 Å². The highest BCUT2D eigenvalue weighted by Gasteiger charge is 2.12. The average molecular weight is 187 g/mol. The quantitative estimate of drug-likeness (QED) is 0.485. The molecular weight excluding hydrogens is 182 g/mol. The van der Waals surface area contributed by atoms with Crippen LogP contribution in [0.15, 0.2) is 0 Å². The van der Waals surface area contributed by atoms with Crippen molar-refractivity contribution in [3.05, 3.63) is 0 Å². The lowest BCUT2D eigenvalue weighted by atomic mass is 10.7. The summed E-state index contributed by atoms with van der Waals surface area (Å²) in [5.41, 5.74) is -0.718. The Balaban J connectivity index is 3.29. The third kappa shape index (κ3) is 4.87. The number of halogens is 3. The van der Waals surface area contributed by atoms with Crippen molar-refractivity contribution < 1.29 is 4.74 Å². The van der Waals surface area contributed by atoms with E-state index in [2.05, 4.69) is 5.92 Å². The lowest BCUT2D eigenvalue weighted by molar-refractivity contribution is 0.147. The van der Waals surface area contributed by atoms with E-state index in [4.69, 9.17) is 46.0 Å². The van der Waals surface area contributed by atoms with Gasteiger partial charge in [-0.15, -0.1) is 29.6 Å². The second kappa shape index (κ2) is 5.20. The molecule has 0 aromatic carbocycles. The zero-order valence-electron chi connectivity index (χ0n) is 4.48. The predicted octanol–water partition coefficient (Wildman–Crippen LogP) is 2.00. The van der Waals surface area contributed by atoms with E-state index < -0.39 is 10.4 Å². The predicted molar refractivity (Wildman–Crippen MR) is 39.9 cm³/mol. The Kier molecular flexibility index (Phi) is 5.42. The number of alkyl halides is 3. The molecule has 0 aliphatic rings. The summed E-state index contributed by atoms with van der Waals surface area (Å²) in [4.78, 5) is -0.736. The molecule has 0 heterocycles. The van der Waals surface area contributed by atoms with E-state index in [0.29, 0.717) is 0 Å². The maximum absolute atomic E-state index is 5.41. The largest absolute Gasteiger partial charge is 0.347 e. The van der Waals surface area contributed by atoms with E-state index in [1.807, 2.05) is 0 Å². The van der Waals surface area contributed by atoms with Gasteiger partial charge in [0, 0.05) is 0 Å². The molecule has 0 aliphatic heterocycles. The monoisotopic (exact) mass is 186 g/mol. The summed E-state index contributed by atoms with van der Waals surface area (Å²) in [7, 11) is 0. The molecule has 0 saturated carbocycles. The van der Waals surface area contributed by atoms with E-state index in [1.165, 1.54) is 0 Å². The van der Waals surface area contributed by atoms with Crippen molar-refractivity contribution in [1.82, 2.24) is 0 Å². The molecule has 0 aliphatic carbocycles. The Morgan fingerprint density at radius 3 is 2.33 bits per heavy atom. The van der Waals surface area contributed by atoms with Crippen LogP contribution in [0.25, 0.3) is 0 Å². The standard InChI is InChI=1S/C5H5Cl3O/c1-2-3-9-5(8)4(6)7/h1,4-5H,3H2. The van der Waals surface area contributed by atoms with Crippen LogP contribution in [-0.2, 0) is 4.74 Å². The van der Waals surface area contributed by atoms with Crippen molar-refractivity contribution in [2.75, 3.05) is 6.61 Å². The molecule has 0 spiro atoms. The topological polar surface area (TPSA) is 9.23 Å². The molecule has 9 heavy (non-hydrogen) atoms. The van der Waals surface area contributed by atoms with Crippen LogP contribution in [0, 0.1) is 12.3 Å². The molecular formula is C5H5Cl3O. The summed E-state index contributed by atoms with van der Waals surface area (Å²) in [5, 5.41) is 0. The second-order valence-electron chi connectivity index (χ2n) is 1.20. The normalized spacial score (nSPS) is 13.2. The summed E-state index contributed by atoms with van der Waals surface area (Å²) >= 11 is 16.0. The van der Waals surface area contributed by atoms with Crippen molar-refractivity contribution in [2.45, 2.75) is 10.4 Å². The van der Waals surface area contributed by atoms with Crippen LogP contribution in [0.4, 0.5) is 0 Å². The molecule has 1 nitrogen and oxygen atoms in total. The van der Waals surface area contributed by atoms with E-state index >= 15 is 0 Å². The smallest absolute Gasteiger partial charge is 0.162 e. The van der Waals surface area contributed by atoms with Crippen molar-refractivity contribution >= 4 is 34.8 Å². The lowest BCUT2D eigenvalue weighted by Crippen LogP contribution is -2.13. The Morgan fingerprint density at radius 1 is 1.44 bits per heavy atom. The molecule has 0 aromatic heterocycles. The third-order valence-corrected chi connectivity index (χ3v) is 1.62. The molecule has 4 heteroatoms. The number of hydrogen-bond acceptors (Lipinski definition) is 1. The van der Waals surface area contributed by atoms with Crippen molar-refractivity contribution in [2.24, 2.45) is 0 Å². The van der Waals surface area contributed by atoms with Gasteiger partial charge in [-0.05, 0) is 0 Å². The molecule has 0 rings (SSSR count). The maximum atomic E-state index is 5.41. The second-order valence-corrected chi connectivity index (χ2v) is 2.79. The van der Waals surface area contributed by atoms with Gasteiger partial charge >= 0.3 is 0 Å². The molecule has 0 saturated heterocycles. The van der Waals surface area contributed by atoms with Gasteiger partial charge in [0.05, 0.1) is 0 Å². The van der Waals surface area contributed by atoms with Gasteiger partial charge in [-0.3, -0.25) is 0 Å². The highest BCUT2D eigenvalue weighted by Crippen LogP contribution is 2.14. The highest BCUT2D eigenvalue weighted by atomic mass is 35.5. The summed E-state index contributed by atoms with van der Waals surface area (Å²) in [6, 6.07) is 0. The molecule has 52 valence electrons. The Bertz CT molecular complexity index is 107. The number of hydrogen-bond donors (Lipinski definition) is 0. The first-order chi connectivity index (χ1) is 4.18. The summed E-state index contributed by atoms with van der Waals surface area (Å²) in [5.74, 6) is 2.23. The van der Waals surface area contributed by atoms with Crippen LogP contribution in [0.3, 0.4) is 0 Å². The van der Waals surface area contributed by atoms with Gasteiger partial charge in [0.15, 0.2) is 5.56 Å². The zero-order chi connectivity index (χ0) is 7.28. The van der Waals surface area contributed by atoms with Gasteiger partial charge in [0.25, 0.3) is 0 Å². The van der Waals surface area contributed by atoms with Gasteiger partial charge in [0.2, 0.25) is 0 Å². The van der Waals surface area contributed by atoms with E-state index in [0.717, 1.165) is 0 Å². The summed E-state index contributed by atoms with van der Waals surface area (Å²) < 4.78 is 4.72. The van der Waals surface area contributed by atoms with E-state index in [-0.39, 0.29) is 6.61 Å². The van der Waals surface area contributed by atoms with Crippen molar-refractivity contribution in [3.63, 3.8) is 0 Å². The van der Waals surface area contributed by atoms with E-state index in [9.17, 15) is 0 Å². The van der Waals surface area contributed by atoms with Crippen molar-refractivity contribution in [1.29, 1.82) is 0 Å². The first kappa shape index (κ1) is 9.39. The number of terminal acetylenes is 1. The Hall–Kier alpha value is 0.390. The molecule has 0 bridgehead atoms. The fourth-order valence-electron chi connectivity index (χ4n) is 0.200. The average Bonchev–Trinajstić information content (AvgIpc) is 1.82. The van der Waals surface area contributed by atoms with Crippen LogP contribution >= 0.6 is 34.8 Å². The maximum Gasteiger partial charge on any atom is 0.162 e. The van der Waals surface area contributed by atoms with Crippen molar-refractivity contribution in [3.8, 4) is 12.3 Å². The van der Waals surface area contributed by atoms with Gasteiger partial charge in [0.1, 0.15) is 11.4 Å². The summed E-state index contributed by atoms with van der Waals surface area (Å²) in [6.45, 7) is 0.129.